The highest BCUT2D eigenvalue weighted by atomic mass is 35.5. The van der Waals surface area contributed by atoms with Crippen LogP contribution in [0.25, 0.3) is 0 Å². The second kappa shape index (κ2) is 4.89. The average molecular weight is 228 g/mol. The lowest BCUT2D eigenvalue weighted by Crippen LogP contribution is -1.98. The Balaban J connectivity index is 3.26. The van der Waals surface area contributed by atoms with E-state index in [0.29, 0.717) is 6.54 Å². The molecule has 5 heteroatoms. The van der Waals surface area contributed by atoms with Gasteiger partial charge in [-0.2, -0.15) is 5.10 Å². The monoisotopic (exact) mass is 227 g/mol. The van der Waals surface area contributed by atoms with E-state index in [9.17, 15) is 9.18 Å². The SMILES string of the molecule is C=CCn1nc(C(F)C=C)c([C]=O)c1Cl. The van der Waals surface area contributed by atoms with Crippen LogP contribution >= 0.6 is 11.6 Å². The van der Waals surface area contributed by atoms with Crippen LogP contribution in [0.15, 0.2) is 25.3 Å². The molecule has 1 aromatic rings. The molecule has 0 bridgehead atoms. The Labute approximate surface area is 91.8 Å². The molecule has 0 saturated carbocycles. The van der Waals surface area contributed by atoms with Crippen LogP contribution in [-0.2, 0) is 11.3 Å². The van der Waals surface area contributed by atoms with E-state index in [1.807, 2.05) is 0 Å². The van der Waals surface area contributed by atoms with Gasteiger partial charge in [0, 0.05) is 0 Å². The van der Waals surface area contributed by atoms with Crippen molar-refractivity contribution in [2.24, 2.45) is 0 Å². The van der Waals surface area contributed by atoms with Crippen LogP contribution in [0.5, 0.6) is 0 Å². The topological polar surface area (TPSA) is 34.9 Å². The highest BCUT2D eigenvalue weighted by Gasteiger charge is 2.21. The highest BCUT2D eigenvalue weighted by Crippen LogP contribution is 2.26. The first-order chi connectivity index (χ1) is 7.15. The first-order valence-corrected chi connectivity index (χ1v) is 4.55. The van der Waals surface area contributed by atoms with Crippen LogP contribution in [0, 0.1) is 0 Å². The van der Waals surface area contributed by atoms with Gasteiger partial charge < -0.3 is 0 Å². The van der Waals surface area contributed by atoms with Crippen LogP contribution < -0.4 is 0 Å². The van der Waals surface area contributed by atoms with Gasteiger partial charge in [-0.3, -0.25) is 4.79 Å². The van der Waals surface area contributed by atoms with Crippen molar-refractivity contribution in [2.45, 2.75) is 12.7 Å². The predicted molar refractivity (Wildman–Crippen MR) is 56.3 cm³/mol. The highest BCUT2D eigenvalue weighted by molar-refractivity contribution is 6.32. The van der Waals surface area contributed by atoms with Gasteiger partial charge in [-0.05, 0) is 0 Å². The number of allylic oxidation sites excluding steroid dienone is 2. The van der Waals surface area contributed by atoms with Crippen molar-refractivity contribution in [3.8, 4) is 0 Å². The number of carbonyl (C=O) groups excluding carboxylic acids is 1. The van der Waals surface area contributed by atoms with E-state index in [-0.39, 0.29) is 16.4 Å². The molecule has 0 fully saturated rings. The molecule has 1 atom stereocenters. The molecule has 79 valence electrons. The van der Waals surface area contributed by atoms with Crippen LogP contribution in [0.4, 0.5) is 4.39 Å². The molecule has 0 aliphatic carbocycles. The van der Waals surface area contributed by atoms with Crippen LogP contribution in [0.3, 0.4) is 0 Å². The number of rotatable bonds is 5. The fourth-order valence-corrected chi connectivity index (χ4v) is 1.34. The average Bonchev–Trinajstić information content (AvgIpc) is 2.55. The summed E-state index contributed by atoms with van der Waals surface area (Å²) in [7, 11) is 0. The molecule has 0 aliphatic heterocycles. The molecular weight excluding hydrogens is 219 g/mol. The first-order valence-electron chi connectivity index (χ1n) is 4.17. The van der Waals surface area contributed by atoms with Gasteiger partial charge in [0.2, 0.25) is 6.29 Å². The molecule has 3 nitrogen and oxygen atoms in total. The summed E-state index contributed by atoms with van der Waals surface area (Å²) in [5.74, 6) is 0. The number of hydrogen-bond donors (Lipinski definition) is 0. The zero-order valence-corrected chi connectivity index (χ0v) is 8.67. The molecule has 0 aliphatic rings. The molecule has 0 amide bonds. The van der Waals surface area contributed by atoms with Gasteiger partial charge in [-0.15, -0.1) is 6.58 Å². The van der Waals surface area contributed by atoms with E-state index in [1.165, 1.54) is 4.68 Å². The Morgan fingerprint density at radius 3 is 2.80 bits per heavy atom. The molecular formula is C10H9ClFN2O. The summed E-state index contributed by atoms with van der Waals surface area (Å²) >= 11 is 5.80. The molecule has 1 unspecified atom stereocenters. The fraction of sp³-hybridized carbons (Fsp3) is 0.200. The molecule has 0 saturated heterocycles. The van der Waals surface area contributed by atoms with Crippen LogP contribution in [0.2, 0.25) is 5.15 Å². The smallest absolute Gasteiger partial charge is 0.238 e. The number of halogens is 2. The summed E-state index contributed by atoms with van der Waals surface area (Å²) in [6, 6.07) is 0. The van der Waals surface area contributed by atoms with Crippen LogP contribution in [0.1, 0.15) is 17.4 Å². The third kappa shape index (κ3) is 2.15. The van der Waals surface area contributed by atoms with Crippen LogP contribution in [-0.4, -0.2) is 16.1 Å². The molecule has 0 aromatic carbocycles. The molecule has 0 N–H and O–H groups in total. The van der Waals surface area contributed by atoms with Crippen molar-refractivity contribution in [1.82, 2.24) is 9.78 Å². The lowest BCUT2D eigenvalue weighted by Gasteiger charge is -1.97. The van der Waals surface area contributed by atoms with Crippen molar-refractivity contribution >= 4 is 17.9 Å². The molecule has 1 rings (SSSR count). The minimum absolute atomic E-state index is 0.0596. The second-order valence-corrected chi connectivity index (χ2v) is 3.12. The van der Waals surface area contributed by atoms with Gasteiger partial charge in [0.05, 0.1) is 12.1 Å². The lowest BCUT2D eigenvalue weighted by atomic mass is 10.2. The second-order valence-electron chi connectivity index (χ2n) is 2.76. The predicted octanol–water partition coefficient (Wildman–Crippen LogP) is 2.38. The number of hydrogen-bond acceptors (Lipinski definition) is 2. The summed E-state index contributed by atoms with van der Waals surface area (Å²) in [6.45, 7) is 7.08. The summed E-state index contributed by atoms with van der Waals surface area (Å²) in [5, 5.41) is 3.91. The van der Waals surface area contributed by atoms with E-state index >= 15 is 0 Å². The maximum atomic E-state index is 13.3. The molecule has 0 spiro atoms. The first kappa shape index (κ1) is 11.7. The van der Waals surface area contributed by atoms with Crippen molar-refractivity contribution in [2.75, 3.05) is 0 Å². The third-order valence-electron chi connectivity index (χ3n) is 1.79. The standard InChI is InChI=1S/C10H9ClFN2O/c1-3-5-14-10(11)7(6-15)9(13-14)8(12)4-2/h3-4,8H,1-2,5H2. The zero-order chi connectivity index (χ0) is 11.4. The van der Waals surface area contributed by atoms with Crippen molar-refractivity contribution in [3.05, 3.63) is 41.7 Å². The normalized spacial score (nSPS) is 12.1. The Morgan fingerprint density at radius 1 is 1.67 bits per heavy atom. The maximum Gasteiger partial charge on any atom is 0.238 e. The number of alkyl halides is 1. The van der Waals surface area contributed by atoms with Gasteiger partial charge >= 0.3 is 0 Å². The Hall–Kier alpha value is -1.42. The van der Waals surface area contributed by atoms with Crippen molar-refractivity contribution in [1.29, 1.82) is 0 Å². The maximum absolute atomic E-state index is 13.3. The molecule has 1 radical (unpaired) electrons. The summed E-state index contributed by atoms with van der Waals surface area (Å²) in [6.07, 6.45) is 2.63. The largest absolute Gasteiger partial charge is 0.285 e. The van der Waals surface area contributed by atoms with E-state index < -0.39 is 6.17 Å². The van der Waals surface area contributed by atoms with E-state index in [0.717, 1.165) is 6.08 Å². The minimum Gasteiger partial charge on any atom is -0.285 e. The van der Waals surface area contributed by atoms with Crippen molar-refractivity contribution < 1.29 is 9.18 Å². The van der Waals surface area contributed by atoms with Gasteiger partial charge in [0.1, 0.15) is 10.8 Å². The number of aromatic nitrogens is 2. The Bertz CT molecular complexity index is 400. The van der Waals surface area contributed by atoms with Crippen molar-refractivity contribution in [3.63, 3.8) is 0 Å². The summed E-state index contributed by atoms with van der Waals surface area (Å²) in [4.78, 5) is 10.6. The molecule has 1 aromatic heterocycles. The summed E-state index contributed by atoms with van der Waals surface area (Å²) < 4.78 is 14.6. The third-order valence-corrected chi connectivity index (χ3v) is 2.17. The minimum atomic E-state index is -1.52. The van der Waals surface area contributed by atoms with Gasteiger partial charge in [0.25, 0.3) is 0 Å². The van der Waals surface area contributed by atoms with Gasteiger partial charge in [0.15, 0.2) is 6.17 Å². The lowest BCUT2D eigenvalue weighted by molar-refractivity contribution is 0.401. The van der Waals surface area contributed by atoms with Gasteiger partial charge in [-0.25, -0.2) is 9.07 Å². The fourth-order valence-electron chi connectivity index (χ4n) is 1.10. The van der Waals surface area contributed by atoms with E-state index in [4.69, 9.17) is 11.6 Å². The Morgan fingerprint density at radius 2 is 2.33 bits per heavy atom. The quantitative estimate of drug-likeness (QED) is 0.724. The zero-order valence-electron chi connectivity index (χ0n) is 7.91. The molecule has 1 heterocycles. The van der Waals surface area contributed by atoms with E-state index in [2.05, 4.69) is 18.3 Å². The number of nitrogens with zero attached hydrogens (tertiary/aromatic N) is 2. The molecule has 15 heavy (non-hydrogen) atoms. The Kier molecular flexibility index (Phi) is 3.80. The van der Waals surface area contributed by atoms with Gasteiger partial charge in [-0.1, -0.05) is 30.3 Å². The summed E-state index contributed by atoms with van der Waals surface area (Å²) in [5.41, 5.74) is -0.127. The van der Waals surface area contributed by atoms with E-state index in [1.54, 1.807) is 12.4 Å².